The maximum atomic E-state index is 3.48. The topological polar surface area (TPSA) is 0 Å². The van der Waals surface area contributed by atoms with E-state index in [0.29, 0.717) is 0 Å². The van der Waals surface area contributed by atoms with Gasteiger partial charge in [0.05, 0.1) is 0 Å². The maximum absolute atomic E-state index is 3.48. The number of hydrogen-bond acceptors (Lipinski definition) is 0. The Bertz CT molecular complexity index is 832. The molecular weight excluding hydrogens is 424 g/mol. The summed E-state index contributed by atoms with van der Waals surface area (Å²) in [4.78, 5) is 0. The Morgan fingerprint density at radius 3 is 1.38 bits per heavy atom. The molecule has 4 rings (SSSR count). The minimum Gasteiger partial charge on any atom is -0.183 e. The van der Waals surface area contributed by atoms with E-state index in [-0.39, 0.29) is 21.1 Å². The van der Waals surface area contributed by atoms with Gasteiger partial charge in [-0.2, -0.15) is 35.4 Å². The smallest absolute Gasteiger partial charge is 0.183 e. The first-order valence-electron chi connectivity index (χ1n) is 6.73. The van der Waals surface area contributed by atoms with E-state index < -0.39 is 0 Å². The third-order valence-electron chi connectivity index (χ3n) is 3.61. The third-order valence-corrected chi connectivity index (χ3v) is 3.61. The fraction of sp³-hybridized carbons (Fsp3) is 0. The van der Waals surface area contributed by atoms with Gasteiger partial charge >= 0.3 is 21.1 Å². The molecule has 0 fully saturated rings. The Kier molecular flexibility index (Phi) is 3.90. The normalized spacial score (nSPS) is 10.5. The molecule has 1 heteroatoms. The first-order valence-corrected chi connectivity index (χ1v) is 6.73. The second-order valence-corrected chi connectivity index (χ2v) is 4.92. The summed E-state index contributed by atoms with van der Waals surface area (Å²) in [5, 5.41) is 4.73. The molecule has 0 aromatic heterocycles. The van der Waals surface area contributed by atoms with Crippen molar-refractivity contribution in [1.82, 2.24) is 0 Å². The molecule has 0 radical (unpaired) electrons. The van der Waals surface area contributed by atoms with Crippen LogP contribution in [0.3, 0.4) is 0 Å². The molecule has 4 aromatic rings. The van der Waals surface area contributed by atoms with E-state index in [1.54, 1.807) is 0 Å². The zero-order valence-electron chi connectivity index (χ0n) is 11.3. The van der Waals surface area contributed by atoms with Crippen molar-refractivity contribution in [2.24, 2.45) is 0 Å². The van der Waals surface area contributed by atoms with Crippen molar-refractivity contribution in [3.63, 3.8) is 0 Å². The molecule has 21 heavy (non-hydrogen) atoms. The van der Waals surface area contributed by atoms with Crippen LogP contribution in [-0.4, -0.2) is 0 Å². The molecule has 0 N–H and O–H groups in total. The first kappa shape index (κ1) is 14.0. The van der Waals surface area contributed by atoms with Gasteiger partial charge in [0.15, 0.2) is 0 Å². The van der Waals surface area contributed by atoms with Crippen LogP contribution in [0.4, 0.5) is 0 Å². The van der Waals surface area contributed by atoms with Gasteiger partial charge < -0.3 is 0 Å². The van der Waals surface area contributed by atoms with Crippen molar-refractivity contribution >= 4 is 21.5 Å². The Morgan fingerprint density at radius 2 is 0.905 bits per heavy atom. The molecule has 0 saturated heterocycles. The molecule has 98 valence electrons. The summed E-state index contributed by atoms with van der Waals surface area (Å²) in [7, 11) is 0. The molecule has 0 saturated carbocycles. The number of fused-ring (bicyclic) bond motifs is 2. The SMILES string of the molecule is [W+2].[c-]1c(-c2[c-]c3ccccc3cc2)ccc2ccccc12. The third kappa shape index (κ3) is 2.64. The van der Waals surface area contributed by atoms with Crippen LogP contribution in [0.2, 0.25) is 0 Å². The zero-order valence-corrected chi connectivity index (χ0v) is 14.3. The van der Waals surface area contributed by atoms with E-state index in [9.17, 15) is 0 Å². The van der Waals surface area contributed by atoms with Crippen LogP contribution < -0.4 is 0 Å². The molecular formula is C20H12W. The summed E-state index contributed by atoms with van der Waals surface area (Å²) in [5.41, 5.74) is 2.18. The first-order chi connectivity index (χ1) is 9.90. The molecule has 0 aliphatic rings. The summed E-state index contributed by atoms with van der Waals surface area (Å²) in [6.45, 7) is 0. The summed E-state index contributed by atoms with van der Waals surface area (Å²) in [6.07, 6.45) is 0. The summed E-state index contributed by atoms with van der Waals surface area (Å²) in [5.74, 6) is 0. The fourth-order valence-electron chi connectivity index (χ4n) is 2.55. The Labute approximate surface area is 138 Å². The van der Waals surface area contributed by atoms with Crippen LogP contribution in [0.5, 0.6) is 0 Å². The van der Waals surface area contributed by atoms with Gasteiger partial charge in [-0.05, 0) is 0 Å². The predicted octanol–water partition coefficient (Wildman–Crippen LogP) is 5.26. The Hall–Kier alpha value is -1.91. The van der Waals surface area contributed by atoms with Crippen molar-refractivity contribution in [1.29, 1.82) is 0 Å². The largest absolute Gasteiger partial charge is 2.00 e. The molecule has 0 bridgehead atoms. The second-order valence-electron chi connectivity index (χ2n) is 4.92. The minimum absolute atomic E-state index is 0. The van der Waals surface area contributed by atoms with Crippen LogP contribution >= 0.6 is 0 Å². The number of rotatable bonds is 1. The molecule has 0 aliphatic carbocycles. The van der Waals surface area contributed by atoms with Crippen molar-refractivity contribution in [2.45, 2.75) is 0 Å². The van der Waals surface area contributed by atoms with Gasteiger partial charge in [-0.15, -0.1) is 35.0 Å². The maximum Gasteiger partial charge on any atom is 2.00 e. The number of hydrogen-bond donors (Lipinski definition) is 0. The molecule has 0 unspecified atom stereocenters. The van der Waals surface area contributed by atoms with E-state index in [1.165, 1.54) is 10.8 Å². The fourth-order valence-corrected chi connectivity index (χ4v) is 2.55. The van der Waals surface area contributed by atoms with E-state index in [0.717, 1.165) is 21.9 Å². The summed E-state index contributed by atoms with van der Waals surface area (Å²) in [6, 6.07) is 32.1. The van der Waals surface area contributed by atoms with E-state index in [4.69, 9.17) is 0 Å². The van der Waals surface area contributed by atoms with Gasteiger partial charge in [0.25, 0.3) is 0 Å². The van der Waals surface area contributed by atoms with Crippen LogP contribution in [-0.2, 0) is 21.1 Å². The molecule has 0 heterocycles. The number of benzene rings is 4. The van der Waals surface area contributed by atoms with Gasteiger partial charge in [0, 0.05) is 0 Å². The molecule has 0 aliphatic heterocycles. The van der Waals surface area contributed by atoms with Gasteiger partial charge in [0.2, 0.25) is 0 Å². The molecule has 0 amide bonds. The van der Waals surface area contributed by atoms with Crippen LogP contribution in [0.25, 0.3) is 32.7 Å². The van der Waals surface area contributed by atoms with Gasteiger partial charge in [0.1, 0.15) is 0 Å². The minimum atomic E-state index is 0. The van der Waals surface area contributed by atoms with E-state index in [2.05, 4.69) is 72.8 Å². The summed E-state index contributed by atoms with van der Waals surface area (Å²) < 4.78 is 0. The molecule has 0 atom stereocenters. The van der Waals surface area contributed by atoms with Crippen molar-refractivity contribution in [2.75, 3.05) is 0 Å². The average molecular weight is 436 g/mol. The zero-order chi connectivity index (χ0) is 13.4. The van der Waals surface area contributed by atoms with Crippen molar-refractivity contribution < 1.29 is 21.1 Å². The Morgan fingerprint density at radius 1 is 0.476 bits per heavy atom. The van der Waals surface area contributed by atoms with E-state index in [1.807, 2.05) is 12.1 Å². The van der Waals surface area contributed by atoms with Gasteiger partial charge in [-0.3, -0.25) is 0 Å². The standard InChI is InChI=1S/C20H12.W/c1-3-7-17-13-19(11-9-15(17)5-1)20-12-10-16-6-2-4-8-18(16)14-20;/h1-12H;/q-2;+2. The van der Waals surface area contributed by atoms with Crippen LogP contribution in [0.15, 0.2) is 72.8 Å². The monoisotopic (exact) mass is 436 g/mol. The van der Waals surface area contributed by atoms with Crippen LogP contribution in [0, 0.1) is 12.1 Å². The van der Waals surface area contributed by atoms with Crippen molar-refractivity contribution in [3.05, 3.63) is 84.9 Å². The summed E-state index contributed by atoms with van der Waals surface area (Å²) >= 11 is 0. The second kappa shape index (κ2) is 5.83. The van der Waals surface area contributed by atoms with E-state index >= 15 is 0 Å². The molecule has 0 nitrogen and oxygen atoms in total. The predicted molar refractivity (Wildman–Crippen MR) is 84.6 cm³/mol. The Balaban J connectivity index is 0.00000132. The van der Waals surface area contributed by atoms with Crippen LogP contribution in [0.1, 0.15) is 0 Å². The van der Waals surface area contributed by atoms with Gasteiger partial charge in [-0.1, -0.05) is 47.2 Å². The molecule has 4 aromatic carbocycles. The van der Waals surface area contributed by atoms with Gasteiger partial charge in [-0.25, -0.2) is 0 Å². The average Bonchev–Trinajstić information content (AvgIpc) is 2.54. The van der Waals surface area contributed by atoms with Crippen molar-refractivity contribution in [3.8, 4) is 11.1 Å². The quantitative estimate of drug-likeness (QED) is 0.358. The molecule has 0 spiro atoms.